The molecule has 0 amide bonds. The molecular weight excluding hydrogens is 416 g/mol. The highest BCUT2D eigenvalue weighted by Gasteiger charge is 2.34. The van der Waals surface area contributed by atoms with Crippen molar-refractivity contribution in [3.05, 3.63) is 94.7 Å². The zero-order valence-corrected chi connectivity index (χ0v) is 19.1. The molecule has 0 spiro atoms. The molecule has 0 bridgehead atoms. The molecule has 0 unspecified atom stereocenters. The lowest BCUT2D eigenvalue weighted by molar-refractivity contribution is -0.141. The van der Waals surface area contributed by atoms with E-state index in [-0.39, 0.29) is 12.1 Å². The van der Waals surface area contributed by atoms with Crippen molar-refractivity contribution in [2.75, 3.05) is 20.2 Å². The first kappa shape index (κ1) is 22.6. The van der Waals surface area contributed by atoms with Crippen LogP contribution in [0.3, 0.4) is 0 Å². The first-order valence-corrected chi connectivity index (χ1v) is 11.1. The smallest absolute Gasteiger partial charge is 0.341 e. The minimum atomic E-state index is -0.386. The maximum Gasteiger partial charge on any atom is 0.341 e. The number of hydrogen-bond acceptors (Lipinski definition) is 6. The molecule has 0 saturated carbocycles. The summed E-state index contributed by atoms with van der Waals surface area (Å²) < 4.78 is 11.6. The van der Waals surface area contributed by atoms with Crippen LogP contribution in [0.2, 0.25) is 0 Å². The van der Waals surface area contributed by atoms with E-state index < -0.39 is 0 Å². The number of esters is 1. The van der Waals surface area contributed by atoms with E-state index in [2.05, 4.69) is 4.99 Å². The van der Waals surface area contributed by atoms with Gasteiger partial charge >= 0.3 is 5.97 Å². The van der Waals surface area contributed by atoms with Gasteiger partial charge in [-0.25, -0.2) is 4.79 Å². The number of hydroxylamine groups is 2. The van der Waals surface area contributed by atoms with Crippen molar-refractivity contribution in [1.29, 1.82) is 0 Å². The topological polar surface area (TPSA) is 71.4 Å². The molecule has 0 atom stereocenters. The largest absolute Gasteiger partial charge is 0.493 e. The highest BCUT2D eigenvalue weighted by molar-refractivity contribution is 6.37. The van der Waals surface area contributed by atoms with Crippen LogP contribution >= 0.6 is 0 Å². The normalized spacial score (nSPS) is 16.3. The average molecular weight is 445 g/mol. The van der Waals surface area contributed by atoms with Gasteiger partial charge in [0.2, 0.25) is 0 Å². The molecule has 0 saturated heterocycles. The van der Waals surface area contributed by atoms with Gasteiger partial charge in [0.05, 0.1) is 30.5 Å². The fourth-order valence-corrected chi connectivity index (χ4v) is 4.05. The van der Waals surface area contributed by atoms with Gasteiger partial charge in [-0.1, -0.05) is 42.5 Å². The van der Waals surface area contributed by atoms with E-state index >= 15 is 0 Å². The molecule has 6 heteroatoms. The Hall–Kier alpha value is -3.64. The van der Waals surface area contributed by atoms with E-state index in [0.717, 1.165) is 28.0 Å². The van der Waals surface area contributed by atoms with Gasteiger partial charge in [-0.15, -0.1) is 0 Å². The van der Waals surface area contributed by atoms with Crippen molar-refractivity contribution in [3.63, 3.8) is 0 Å². The zero-order valence-electron chi connectivity index (χ0n) is 19.1. The maximum absolute atomic E-state index is 13.1. The van der Waals surface area contributed by atoms with E-state index in [9.17, 15) is 10.0 Å². The Kier molecular flexibility index (Phi) is 6.75. The molecule has 1 aliphatic carbocycles. The molecule has 0 aromatic heterocycles. The molecular formula is C27H28N2O4. The lowest BCUT2D eigenvalue weighted by Crippen LogP contribution is -2.22. The van der Waals surface area contributed by atoms with E-state index in [1.54, 1.807) is 7.05 Å². The number of allylic oxidation sites excluding steroid dienone is 2. The number of carbonyl (C=O) groups excluding carboxylic acids is 1. The molecule has 2 aliphatic rings. The Balaban J connectivity index is 1.65. The molecule has 6 nitrogen and oxygen atoms in total. The fourth-order valence-electron chi connectivity index (χ4n) is 4.05. The van der Waals surface area contributed by atoms with Crippen molar-refractivity contribution < 1.29 is 19.5 Å². The first-order chi connectivity index (χ1) is 16.0. The van der Waals surface area contributed by atoms with Crippen molar-refractivity contribution in [2.24, 2.45) is 4.99 Å². The van der Waals surface area contributed by atoms with Crippen LogP contribution in [-0.4, -0.2) is 48.3 Å². The molecule has 33 heavy (non-hydrogen) atoms. The number of nitrogens with zero attached hydrogens (tertiary/aromatic N) is 2. The summed E-state index contributed by atoms with van der Waals surface area (Å²) in [4.78, 5) is 17.6. The van der Waals surface area contributed by atoms with E-state index in [1.165, 1.54) is 5.06 Å². The van der Waals surface area contributed by atoms with E-state index in [0.29, 0.717) is 36.6 Å². The molecule has 4 rings (SSSR count). The highest BCUT2D eigenvalue weighted by Crippen LogP contribution is 2.40. The molecule has 1 N–H and O–H groups in total. The quantitative estimate of drug-likeness (QED) is 0.622. The predicted octanol–water partition coefficient (Wildman–Crippen LogP) is 4.79. The van der Waals surface area contributed by atoms with E-state index in [1.807, 2.05) is 80.6 Å². The molecule has 2 aromatic rings. The van der Waals surface area contributed by atoms with Crippen LogP contribution in [0.1, 0.15) is 37.0 Å². The monoisotopic (exact) mass is 444 g/mol. The van der Waals surface area contributed by atoms with Gasteiger partial charge in [0.25, 0.3) is 0 Å². The Bertz CT molecular complexity index is 1160. The predicted molar refractivity (Wildman–Crippen MR) is 128 cm³/mol. The SMILES string of the molecule is CN=C1C(C(=O)OC(C)C)=C(c2ccccc2)c2ccc(OCCC3=CC=CCN3O)cc21. The standard InChI is InChI=1S/C27H28N2O4/c1-18(2)33-27(30)25-24(19-9-5-4-6-10-19)22-13-12-21(17-23(22)26(25)28-3)32-16-14-20-11-7-8-15-29(20)31/h4-13,17-18,31H,14-16H2,1-3H3. The van der Waals surface area contributed by atoms with Crippen molar-refractivity contribution >= 4 is 17.3 Å². The second-order valence-electron chi connectivity index (χ2n) is 8.12. The van der Waals surface area contributed by atoms with Crippen molar-refractivity contribution in [1.82, 2.24) is 5.06 Å². The van der Waals surface area contributed by atoms with Crippen LogP contribution in [0.4, 0.5) is 0 Å². The Morgan fingerprint density at radius 2 is 1.94 bits per heavy atom. The third kappa shape index (κ3) is 4.76. The summed E-state index contributed by atoms with van der Waals surface area (Å²) in [5.41, 5.74) is 5.39. The van der Waals surface area contributed by atoms with Crippen LogP contribution < -0.4 is 4.74 Å². The second-order valence-corrected chi connectivity index (χ2v) is 8.12. The highest BCUT2D eigenvalue weighted by atomic mass is 16.5. The number of hydrogen-bond donors (Lipinski definition) is 1. The third-order valence-electron chi connectivity index (χ3n) is 5.50. The lowest BCUT2D eigenvalue weighted by Gasteiger charge is -2.21. The molecule has 0 fully saturated rings. The van der Waals surface area contributed by atoms with Gasteiger partial charge < -0.3 is 9.47 Å². The summed E-state index contributed by atoms with van der Waals surface area (Å²) in [5.74, 6) is 0.292. The first-order valence-electron chi connectivity index (χ1n) is 11.1. The Labute approximate surface area is 194 Å². The van der Waals surface area contributed by atoms with Crippen LogP contribution in [0, 0.1) is 0 Å². The number of aliphatic imine (C=N–C) groups is 1. The van der Waals surface area contributed by atoms with Gasteiger partial charge in [0, 0.05) is 30.3 Å². The van der Waals surface area contributed by atoms with Gasteiger partial charge in [0.1, 0.15) is 5.75 Å². The number of ether oxygens (including phenoxy) is 2. The Morgan fingerprint density at radius 1 is 1.15 bits per heavy atom. The molecule has 1 aliphatic heterocycles. The van der Waals surface area contributed by atoms with Crippen LogP contribution in [0.15, 0.2) is 83.0 Å². The van der Waals surface area contributed by atoms with Gasteiger partial charge in [0.15, 0.2) is 0 Å². The number of carbonyl (C=O) groups is 1. The zero-order chi connectivity index (χ0) is 23.4. The second kappa shape index (κ2) is 9.88. The van der Waals surface area contributed by atoms with Crippen molar-refractivity contribution in [2.45, 2.75) is 26.4 Å². The minimum absolute atomic E-state index is 0.238. The fraction of sp³-hybridized carbons (Fsp3) is 0.259. The lowest BCUT2D eigenvalue weighted by atomic mass is 9.97. The minimum Gasteiger partial charge on any atom is -0.493 e. The summed E-state index contributed by atoms with van der Waals surface area (Å²) in [6.07, 6.45) is 6.02. The maximum atomic E-state index is 13.1. The summed E-state index contributed by atoms with van der Waals surface area (Å²) in [6, 6.07) is 15.6. The van der Waals surface area contributed by atoms with Gasteiger partial charge in [-0.2, -0.15) is 0 Å². The van der Waals surface area contributed by atoms with E-state index in [4.69, 9.17) is 9.47 Å². The summed E-state index contributed by atoms with van der Waals surface area (Å²) in [6.45, 7) is 4.56. The van der Waals surface area contributed by atoms with Crippen LogP contribution in [-0.2, 0) is 9.53 Å². The molecule has 170 valence electrons. The summed E-state index contributed by atoms with van der Waals surface area (Å²) in [5, 5.41) is 11.2. The summed E-state index contributed by atoms with van der Waals surface area (Å²) >= 11 is 0. The number of benzene rings is 2. The molecule has 1 heterocycles. The number of fused-ring (bicyclic) bond motifs is 1. The van der Waals surface area contributed by atoms with Gasteiger partial charge in [-0.05, 0) is 49.2 Å². The Morgan fingerprint density at radius 3 is 2.64 bits per heavy atom. The van der Waals surface area contributed by atoms with Crippen molar-refractivity contribution in [3.8, 4) is 5.75 Å². The summed E-state index contributed by atoms with van der Waals surface area (Å²) in [7, 11) is 1.68. The van der Waals surface area contributed by atoms with Gasteiger partial charge in [-0.3, -0.25) is 15.3 Å². The van der Waals surface area contributed by atoms with Crippen LogP contribution in [0.5, 0.6) is 5.75 Å². The average Bonchev–Trinajstić information content (AvgIpc) is 3.14. The molecule has 0 radical (unpaired) electrons. The number of rotatable bonds is 7. The van der Waals surface area contributed by atoms with Crippen LogP contribution in [0.25, 0.3) is 5.57 Å². The molecule has 2 aromatic carbocycles. The third-order valence-corrected chi connectivity index (χ3v) is 5.50.